The Hall–Kier alpha value is -1.02. The van der Waals surface area contributed by atoms with Crippen molar-refractivity contribution in [3.63, 3.8) is 0 Å². The van der Waals surface area contributed by atoms with Gasteiger partial charge in [-0.25, -0.2) is 0 Å². The molecule has 126 valence electrons. The Balaban J connectivity index is 0.00000132. The standard InChI is InChI=1S/C20H24O.2ClH/c1-16(20(21)14-6-3-7-15-20)17-10-12-19(13-11-17)18-8-4-2-5-9-18;;/h2,4-5,8-13,16,21H,3,6-7,14-15H2,1H3;2*1H. The molecule has 3 heteroatoms. The zero-order chi connectivity index (χ0) is 14.7. The second-order valence-electron chi connectivity index (χ2n) is 6.37. The third-order valence-corrected chi connectivity index (χ3v) is 5.04. The van der Waals surface area contributed by atoms with Crippen LogP contribution in [0, 0.1) is 0 Å². The molecule has 2 aromatic rings. The Morgan fingerprint density at radius 2 is 1.30 bits per heavy atom. The van der Waals surface area contributed by atoms with E-state index in [0.717, 1.165) is 25.7 Å². The minimum absolute atomic E-state index is 0. The maximum absolute atomic E-state index is 10.9. The van der Waals surface area contributed by atoms with Crippen molar-refractivity contribution in [2.24, 2.45) is 0 Å². The summed E-state index contributed by atoms with van der Waals surface area (Å²) >= 11 is 0. The Morgan fingerprint density at radius 3 is 1.87 bits per heavy atom. The topological polar surface area (TPSA) is 20.2 Å². The molecule has 1 atom stereocenters. The third kappa shape index (κ3) is 4.50. The van der Waals surface area contributed by atoms with Crippen LogP contribution >= 0.6 is 24.8 Å². The van der Waals surface area contributed by atoms with Gasteiger partial charge in [-0.05, 0) is 29.5 Å². The van der Waals surface area contributed by atoms with Gasteiger partial charge in [0.25, 0.3) is 0 Å². The molecule has 2 aromatic carbocycles. The predicted octanol–water partition coefficient (Wildman–Crippen LogP) is 6.00. The summed E-state index contributed by atoms with van der Waals surface area (Å²) in [5.74, 6) is 0.211. The van der Waals surface area contributed by atoms with Crippen LogP contribution in [0.15, 0.2) is 54.6 Å². The summed E-state index contributed by atoms with van der Waals surface area (Å²) < 4.78 is 0. The molecule has 1 saturated carbocycles. The summed E-state index contributed by atoms with van der Waals surface area (Å²) in [6.07, 6.45) is 5.46. The largest absolute Gasteiger partial charge is 0.389 e. The average Bonchev–Trinajstić information content (AvgIpc) is 2.56. The van der Waals surface area contributed by atoms with E-state index >= 15 is 0 Å². The van der Waals surface area contributed by atoms with Gasteiger partial charge in [-0.15, -0.1) is 24.8 Å². The SMILES string of the molecule is CC(c1ccc(-c2ccccc2)cc1)C1(O)CCCCC1.Cl.Cl. The number of halogens is 2. The van der Waals surface area contributed by atoms with Crippen LogP contribution in [0.4, 0.5) is 0 Å². The molecule has 0 heterocycles. The van der Waals surface area contributed by atoms with Crippen molar-refractivity contribution in [1.82, 2.24) is 0 Å². The van der Waals surface area contributed by atoms with Gasteiger partial charge in [0, 0.05) is 5.92 Å². The van der Waals surface area contributed by atoms with Crippen molar-refractivity contribution in [2.45, 2.75) is 50.5 Å². The zero-order valence-corrected chi connectivity index (χ0v) is 15.2. The highest BCUT2D eigenvalue weighted by Crippen LogP contribution is 2.39. The predicted molar refractivity (Wildman–Crippen MR) is 103 cm³/mol. The molecule has 1 N–H and O–H groups in total. The summed E-state index contributed by atoms with van der Waals surface area (Å²) in [6.45, 7) is 2.17. The molecule has 0 spiro atoms. The van der Waals surface area contributed by atoms with E-state index in [2.05, 4.69) is 55.5 Å². The number of hydrogen-bond donors (Lipinski definition) is 1. The van der Waals surface area contributed by atoms with Gasteiger partial charge in [-0.3, -0.25) is 0 Å². The summed E-state index contributed by atoms with van der Waals surface area (Å²) in [5, 5.41) is 10.9. The molecule has 1 fully saturated rings. The lowest BCUT2D eigenvalue weighted by Crippen LogP contribution is -2.36. The fourth-order valence-electron chi connectivity index (χ4n) is 3.50. The molecule has 0 amide bonds. The first-order valence-electron chi connectivity index (χ1n) is 8.07. The van der Waals surface area contributed by atoms with E-state index in [0.29, 0.717) is 0 Å². The van der Waals surface area contributed by atoms with E-state index in [1.165, 1.54) is 23.1 Å². The van der Waals surface area contributed by atoms with Crippen LogP contribution in [0.5, 0.6) is 0 Å². The van der Waals surface area contributed by atoms with Gasteiger partial charge >= 0.3 is 0 Å². The van der Waals surface area contributed by atoms with E-state index in [4.69, 9.17) is 0 Å². The van der Waals surface area contributed by atoms with E-state index in [1.54, 1.807) is 0 Å². The average molecular weight is 353 g/mol. The van der Waals surface area contributed by atoms with Crippen LogP contribution in [-0.2, 0) is 0 Å². The smallest absolute Gasteiger partial charge is 0.0713 e. The molecule has 23 heavy (non-hydrogen) atoms. The van der Waals surface area contributed by atoms with Crippen LogP contribution in [-0.4, -0.2) is 10.7 Å². The molecule has 0 aromatic heterocycles. The first kappa shape index (κ1) is 20.0. The second kappa shape index (κ2) is 8.73. The zero-order valence-electron chi connectivity index (χ0n) is 13.6. The van der Waals surface area contributed by atoms with Gasteiger partial charge in [0.1, 0.15) is 0 Å². The van der Waals surface area contributed by atoms with Crippen molar-refractivity contribution in [2.75, 3.05) is 0 Å². The molecule has 0 aliphatic heterocycles. The maximum atomic E-state index is 10.9. The molecule has 1 aliphatic rings. The molecule has 0 saturated heterocycles. The van der Waals surface area contributed by atoms with Crippen molar-refractivity contribution in [1.29, 1.82) is 0 Å². The lowest BCUT2D eigenvalue weighted by atomic mass is 9.73. The highest BCUT2D eigenvalue weighted by Gasteiger charge is 2.35. The van der Waals surface area contributed by atoms with Crippen molar-refractivity contribution >= 4 is 24.8 Å². The first-order valence-corrected chi connectivity index (χ1v) is 8.07. The molecule has 0 radical (unpaired) electrons. The number of rotatable bonds is 3. The Kier molecular flexibility index (Phi) is 7.60. The number of aliphatic hydroxyl groups is 1. The summed E-state index contributed by atoms with van der Waals surface area (Å²) in [4.78, 5) is 0. The molecule has 0 bridgehead atoms. The summed E-state index contributed by atoms with van der Waals surface area (Å²) in [5.41, 5.74) is 3.22. The van der Waals surface area contributed by atoms with E-state index in [1.807, 2.05) is 6.07 Å². The Labute approximate surface area is 152 Å². The molecule has 1 unspecified atom stereocenters. The third-order valence-electron chi connectivity index (χ3n) is 5.04. The molecular formula is C20H26Cl2O. The lowest BCUT2D eigenvalue weighted by Gasteiger charge is -2.37. The minimum Gasteiger partial charge on any atom is -0.389 e. The van der Waals surface area contributed by atoms with E-state index in [9.17, 15) is 5.11 Å². The van der Waals surface area contributed by atoms with Gasteiger partial charge in [-0.2, -0.15) is 0 Å². The van der Waals surface area contributed by atoms with Crippen molar-refractivity contribution < 1.29 is 5.11 Å². The van der Waals surface area contributed by atoms with Gasteiger partial charge in [-0.1, -0.05) is 80.8 Å². The van der Waals surface area contributed by atoms with Crippen LogP contribution in [0.3, 0.4) is 0 Å². The normalized spacial score (nSPS) is 17.5. The molecule has 1 aliphatic carbocycles. The van der Waals surface area contributed by atoms with E-state index < -0.39 is 5.60 Å². The van der Waals surface area contributed by atoms with Crippen LogP contribution in [0.25, 0.3) is 11.1 Å². The van der Waals surface area contributed by atoms with Crippen molar-refractivity contribution in [3.8, 4) is 11.1 Å². The summed E-state index contributed by atoms with van der Waals surface area (Å²) in [7, 11) is 0. The van der Waals surface area contributed by atoms with Crippen LogP contribution in [0.1, 0.15) is 50.5 Å². The fourth-order valence-corrected chi connectivity index (χ4v) is 3.50. The lowest BCUT2D eigenvalue weighted by molar-refractivity contribution is -0.0168. The summed E-state index contributed by atoms with van der Waals surface area (Å²) in [6, 6.07) is 19.1. The van der Waals surface area contributed by atoms with Crippen molar-refractivity contribution in [3.05, 3.63) is 60.2 Å². The molecule has 3 rings (SSSR count). The number of benzene rings is 2. The highest BCUT2D eigenvalue weighted by molar-refractivity contribution is 5.85. The minimum atomic E-state index is -0.507. The van der Waals surface area contributed by atoms with Gasteiger partial charge in [0.05, 0.1) is 5.60 Å². The quantitative estimate of drug-likeness (QED) is 0.718. The maximum Gasteiger partial charge on any atom is 0.0713 e. The van der Waals surface area contributed by atoms with Crippen LogP contribution < -0.4 is 0 Å². The van der Waals surface area contributed by atoms with Crippen LogP contribution in [0.2, 0.25) is 0 Å². The van der Waals surface area contributed by atoms with E-state index in [-0.39, 0.29) is 30.7 Å². The van der Waals surface area contributed by atoms with Gasteiger partial charge in [0.2, 0.25) is 0 Å². The van der Waals surface area contributed by atoms with Gasteiger partial charge < -0.3 is 5.11 Å². The second-order valence-corrected chi connectivity index (χ2v) is 6.37. The van der Waals surface area contributed by atoms with Gasteiger partial charge in [0.15, 0.2) is 0 Å². The highest BCUT2D eigenvalue weighted by atomic mass is 35.5. The fraction of sp³-hybridized carbons (Fsp3) is 0.400. The number of hydrogen-bond acceptors (Lipinski definition) is 1. The Morgan fingerprint density at radius 1 is 0.783 bits per heavy atom. The first-order chi connectivity index (χ1) is 10.2. The molecular weight excluding hydrogens is 327 g/mol. The monoisotopic (exact) mass is 352 g/mol. The molecule has 1 nitrogen and oxygen atoms in total. The Bertz CT molecular complexity index is 574.